The number of hydrogen-bond donors (Lipinski definition) is 1. The van der Waals surface area contributed by atoms with Crippen LogP contribution in [0.15, 0.2) is 0 Å². The second-order valence-corrected chi connectivity index (χ2v) is 16.2. The van der Waals surface area contributed by atoms with Gasteiger partial charge in [0, 0.05) is 5.92 Å². The smallest absolute Gasteiger partial charge is 0.307 e. The molecule has 3 aliphatic carbocycles. The van der Waals surface area contributed by atoms with Crippen LogP contribution in [0.25, 0.3) is 0 Å². The van der Waals surface area contributed by atoms with Gasteiger partial charge in [-0.2, -0.15) is 0 Å². The number of carbonyl (C=O) groups excluding carboxylic acids is 1. The van der Waals surface area contributed by atoms with Crippen LogP contribution in [0.5, 0.6) is 0 Å². The molecule has 0 aromatic carbocycles. The van der Waals surface area contributed by atoms with Crippen molar-refractivity contribution in [1.82, 2.24) is 0 Å². The number of carboxylic acid groups (broad SMARTS) is 1. The van der Waals surface area contributed by atoms with E-state index in [0.29, 0.717) is 36.5 Å². The standard InChI is InChI=1S/C34H56O7/c1-18(2)19(3)28-29(41-32(7,8)40-28)20(4)22-11-12-23-21(17-35)24(13-14-33(22,23)9)34(10)16-27-26(15-25(34)30(36)37)38-31(5,6)39-27/h17-29H,11-16H2,1-10H3,(H,36,37)/t19-,20+,21?,22-,23+,24?,25-,26+,27-,28-,29-,33-,34-/m1/s1. The number of aldehydes is 1. The minimum absolute atomic E-state index is 0.00441. The highest BCUT2D eigenvalue weighted by Crippen LogP contribution is 2.66. The SMILES string of the molecule is CC(C)[C@@H](C)[C@H]1OC(C)(C)O[C@@H]1[C@@H](C)[C@H]1CC[C@H]2C(C=O)C([C@@]3(C)C[C@H]4OC(C)(C)O[C@H]4C[C@@H]3C(=O)O)CC[C@]12C. The summed E-state index contributed by atoms with van der Waals surface area (Å²) in [7, 11) is 0. The van der Waals surface area contributed by atoms with E-state index in [-0.39, 0.29) is 47.6 Å². The van der Waals surface area contributed by atoms with E-state index < -0.39 is 28.9 Å². The lowest BCUT2D eigenvalue weighted by molar-refractivity contribution is -0.166. The maximum Gasteiger partial charge on any atom is 0.307 e. The van der Waals surface area contributed by atoms with E-state index in [1.807, 2.05) is 27.7 Å². The summed E-state index contributed by atoms with van der Waals surface area (Å²) in [5.41, 5.74) is -0.526. The van der Waals surface area contributed by atoms with Crippen molar-refractivity contribution in [1.29, 1.82) is 0 Å². The van der Waals surface area contributed by atoms with Gasteiger partial charge in [-0.15, -0.1) is 0 Å². The van der Waals surface area contributed by atoms with Gasteiger partial charge in [0.05, 0.1) is 30.3 Å². The predicted octanol–water partition coefficient (Wildman–Crippen LogP) is 6.71. The topological polar surface area (TPSA) is 91.3 Å². The highest BCUT2D eigenvalue weighted by atomic mass is 16.8. The normalized spacial score (nSPS) is 48.4. The number of rotatable bonds is 7. The molecule has 0 spiro atoms. The Morgan fingerprint density at radius 1 is 0.805 bits per heavy atom. The minimum atomic E-state index is -0.776. The van der Waals surface area contributed by atoms with Gasteiger partial charge in [-0.3, -0.25) is 4.79 Å². The minimum Gasteiger partial charge on any atom is -0.481 e. The fourth-order valence-electron chi connectivity index (χ4n) is 10.4. The first kappa shape index (κ1) is 31.4. The maximum atomic E-state index is 13.0. The molecular formula is C34H56O7. The van der Waals surface area contributed by atoms with Crippen LogP contribution in [-0.4, -0.2) is 53.4 Å². The summed E-state index contributed by atoms with van der Waals surface area (Å²) in [6, 6.07) is 0. The van der Waals surface area contributed by atoms with Crippen molar-refractivity contribution in [2.24, 2.45) is 58.2 Å². The van der Waals surface area contributed by atoms with Crippen molar-refractivity contribution >= 4 is 12.3 Å². The lowest BCUT2D eigenvalue weighted by Gasteiger charge is -2.56. The summed E-state index contributed by atoms with van der Waals surface area (Å²) in [6.45, 7) is 21.5. The van der Waals surface area contributed by atoms with Crippen molar-refractivity contribution in [2.75, 3.05) is 0 Å². The van der Waals surface area contributed by atoms with Crippen LogP contribution >= 0.6 is 0 Å². The quantitative estimate of drug-likeness (QED) is 0.337. The fourth-order valence-corrected chi connectivity index (χ4v) is 10.4. The molecule has 5 rings (SSSR count). The largest absolute Gasteiger partial charge is 0.481 e. The Balaban J connectivity index is 1.40. The van der Waals surface area contributed by atoms with Crippen LogP contribution in [0.1, 0.15) is 108 Å². The van der Waals surface area contributed by atoms with E-state index in [9.17, 15) is 14.7 Å². The molecular weight excluding hydrogens is 520 g/mol. The molecule has 7 nitrogen and oxygen atoms in total. The molecule has 5 fully saturated rings. The van der Waals surface area contributed by atoms with Crippen molar-refractivity contribution in [3.8, 4) is 0 Å². The van der Waals surface area contributed by atoms with Gasteiger partial charge in [0.2, 0.25) is 0 Å². The molecule has 0 amide bonds. The van der Waals surface area contributed by atoms with E-state index in [1.54, 1.807) is 0 Å². The number of carbonyl (C=O) groups is 2. The van der Waals surface area contributed by atoms with Crippen molar-refractivity contribution in [2.45, 2.75) is 144 Å². The second kappa shape index (κ2) is 10.6. The number of ether oxygens (including phenoxy) is 4. The third kappa shape index (κ3) is 5.23. The van der Waals surface area contributed by atoms with Gasteiger partial charge in [0.15, 0.2) is 11.6 Å². The van der Waals surface area contributed by atoms with Gasteiger partial charge in [-0.1, -0.05) is 41.5 Å². The van der Waals surface area contributed by atoms with Gasteiger partial charge in [-0.25, -0.2) is 0 Å². The molecule has 13 atom stereocenters. The van der Waals surface area contributed by atoms with Gasteiger partial charge < -0.3 is 28.8 Å². The average Bonchev–Trinajstić information content (AvgIpc) is 3.49. The number of aliphatic carboxylic acids is 1. The summed E-state index contributed by atoms with van der Waals surface area (Å²) < 4.78 is 25.5. The molecule has 0 aromatic rings. The third-order valence-corrected chi connectivity index (χ3v) is 12.8. The molecule has 7 heteroatoms. The Morgan fingerprint density at radius 3 is 2.00 bits per heavy atom. The molecule has 0 aromatic heterocycles. The monoisotopic (exact) mass is 576 g/mol. The molecule has 0 bridgehead atoms. The second-order valence-electron chi connectivity index (χ2n) is 16.2. The zero-order valence-corrected chi connectivity index (χ0v) is 27.1. The summed E-state index contributed by atoms with van der Waals surface area (Å²) in [6.07, 6.45) is 5.89. The maximum absolute atomic E-state index is 13.0. The zero-order chi connectivity index (χ0) is 30.3. The Hall–Kier alpha value is -1.02. The van der Waals surface area contributed by atoms with Crippen LogP contribution in [0, 0.1) is 58.2 Å². The van der Waals surface area contributed by atoms with Crippen molar-refractivity contribution < 1.29 is 33.6 Å². The van der Waals surface area contributed by atoms with Gasteiger partial charge in [-0.05, 0) is 113 Å². The van der Waals surface area contributed by atoms with Gasteiger partial charge in [0.25, 0.3) is 0 Å². The zero-order valence-electron chi connectivity index (χ0n) is 27.1. The molecule has 2 aliphatic heterocycles. The number of fused-ring (bicyclic) bond motifs is 2. The Labute approximate surface area is 247 Å². The highest BCUT2D eigenvalue weighted by Gasteiger charge is 2.64. The Kier molecular flexibility index (Phi) is 8.09. The van der Waals surface area contributed by atoms with E-state index in [4.69, 9.17) is 18.9 Å². The molecule has 1 N–H and O–H groups in total. The third-order valence-electron chi connectivity index (χ3n) is 12.8. The number of hydrogen-bond acceptors (Lipinski definition) is 6. The van der Waals surface area contributed by atoms with E-state index in [0.717, 1.165) is 25.7 Å². The van der Waals surface area contributed by atoms with Crippen LogP contribution in [0.2, 0.25) is 0 Å². The molecule has 234 valence electrons. The lowest BCUT2D eigenvalue weighted by atomic mass is 9.48. The predicted molar refractivity (Wildman–Crippen MR) is 156 cm³/mol. The van der Waals surface area contributed by atoms with Crippen LogP contribution in [0.3, 0.4) is 0 Å². The molecule has 2 unspecified atom stereocenters. The Bertz CT molecular complexity index is 1010. The van der Waals surface area contributed by atoms with Crippen LogP contribution in [0.4, 0.5) is 0 Å². The first-order valence-corrected chi connectivity index (χ1v) is 16.3. The van der Waals surface area contributed by atoms with Gasteiger partial charge in [0.1, 0.15) is 6.29 Å². The fraction of sp³-hybridized carbons (Fsp3) is 0.941. The van der Waals surface area contributed by atoms with E-state index in [1.165, 1.54) is 6.29 Å². The summed E-state index contributed by atoms with van der Waals surface area (Å²) >= 11 is 0. The molecule has 41 heavy (non-hydrogen) atoms. The number of carboxylic acids is 1. The van der Waals surface area contributed by atoms with Crippen LogP contribution in [-0.2, 0) is 28.5 Å². The highest BCUT2D eigenvalue weighted by molar-refractivity contribution is 5.72. The lowest BCUT2D eigenvalue weighted by Crippen LogP contribution is -2.56. The molecule has 3 saturated carbocycles. The van der Waals surface area contributed by atoms with E-state index in [2.05, 4.69) is 41.5 Å². The molecule has 2 saturated heterocycles. The summed E-state index contributed by atoms with van der Waals surface area (Å²) in [5, 5.41) is 10.4. The van der Waals surface area contributed by atoms with Crippen molar-refractivity contribution in [3.63, 3.8) is 0 Å². The summed E-state index contributed by atoms with van der Waals surface area (Å²) in [4.78, 5) is 25.7. The van der Waals surface area contributed by atoms with Crippen molar-refractivity contribution in [3.05, 3.63) is 0 Å². The van der Waals surface area contributed by atoms with Gasteiger partial charge >= 0.3 is 5.97 Å². The molecule has 5 aliphatic rings. The first-order chi connectivity index (χ1) is 18.9. The molecule has 0 radical (unpaired) electrons. The first-order valence-electron chi connectivity index (χ1n) is 16.3. The Morgan fingerprint density at radius 2 is 1.39 bits per heavy atom. The molecule has 2 heterocycles. The average molecular weight is 577 g/mol. The van der Waals surface area contributed by atoms with Crippen LogP contribution < -0.4 is 0 Å². The summed E-state index contributed by atoms with van der Waals surface area (Å²) in [5.74, 6) is -0.962. The van der Waals surface area contributed by atoms with E-state index >= 15 is 0 Å².